The van der Waals surface area contributed by atoms with E-state index in [4.69, 9.17) is 14.7 Å². The molecular formula is C8H6N2O4S2. The Balaban J connectivity index is 0.000000241. The molecule has 0 radical (unpaired) electrons. The van der Waals surface area contributed by atoms with Gasteiger partial charge in [0.15, 0.2) is 0 Å². The molecule has 2 heterocycles. The minimum Gasteiger partial charge on any atom is -0.476 e. The van der Waals surface area contributed by atoms with E-state index in [0.717, 1.165) is 11.3 Å². The van der Waals surface area contributed by atoms with Crippen LogP contribution >= 0.6 is 22.7 Å². The van der Waals surface area contributed by atoms with E-state index in [1.54, 1.807) is 28.4 Å². The second-order valence-electron chi connectivity index (χ2n) is 1.90. The molecule has 0 saturated carbocycles. The first kappa shape index (κ1) is 14.1. The Kier molecular flexibility index (Phi) is 8.52. The van der Waals surface area contributed by atoms with Crippen molar-refractivity contribution >= 4 is 34.8 Å². The van der Waals surface area contributed by atoms with Gasteiger partial charge in [0.25, 0.3) is 0 Å². The van der Waals surface area contributed by atoms with Gasteiger partial charge in [-0.05, 0) is 0 Å². The highest BCUT2D eigenvalue weighted by Gasteiger charge is 2.01. The number of nitrogens with zero attached hydrogens (tertiary/aromatic N) is 2. The molecule has 84 valence electrons. The highest BCUT2D eigenvalue weighted by atomic mass is 32.1. The largest absolute Gasteiger partial charge is 0.476 e. The minimum absolute atomic E-state index is 0.144. The Morgan fingerprint density at radius 1 is 1.31 bits per heavy atom. The third kappa shape index (κ3) is 7.51. The van der Waals surface area contributed by atoms with E-state index in [1.165, 1.54) is 6.20 Å². The molecule has 2 aromatic rings. The zero-order valence-corrected chi connectivity index (χ0v) is 9.40. The highest BCUT2D eigenvalue weighted by Crippen LogP contribution is 2.01. The Morgan fingerprint density at radius 3 is 2.19 bits per heavy atom. The molecule has 0 amide bonds. The van der Waals surface area contributed by atoms with Crippen molar-refractivity contribution in [2.45, 2.75) is 0 Å². The van der Waals surface area contributed by atoms with Gasteiger partial charge in [0, 0.05) is 23.2 Å². The molecule has 0 fully saturated rings. The van der Waals surface area contributed by atoms with Gasteiger partial charge in [-0.3, -0.25) is 4.98 Å². The monoisotopic (exact) mass is 258 g/mol. The standard InChI is InChI=1S/C4H3NO2S.C3H3NS.CO2/c6-4(7)3-5-1-2-8-3;1-2-5-3-4-1;2-1-3/h1-2H,(H,6,7);1-3H;. The van der Waals surface area contributed by atoms with Gasteiger partial charge in [0.05, 0.1) is 5.51 Å². The molecule has 2 rings (SSSR count). The van der Waals surface area contributed by atoms with Gasteiger partial charge >= 0.3 is 12.1 Å². The average molecular weight is 258 g/mol. The number of hydrogen-bond acceptors (Lipinski definition) is 7. The second kappa shape index (κ2) is 9.66. The normalized spacial score (nSPS) is 7.50. The number of aromatic nitrogens is 2. The van der Waals surface area contributed by atoms with Crippen molar-refractivity contribution in [1.82, 2.24) is 9.97 Å². The van der Waals surface area contributed by atoms with Gasteiger partial charge in [-0.2, -0.15) is 9.59 Å². The Labute approximate surface area is 98.2 Å². The lowest BCUT2D eigenvalue weighted by Crippen LogP contribution is -1.92. The third-order valence-electron chi connectivity index (χ3n) is 0.962. The summed E-state index contributed by atoms with van der Waals surface area (Å²) in [5.41, 5.74) is 1.79. The number of thiazole rings is 2. The molecule has 2 aromatic heterocycles. The van der Waals surface area contributed by atoms with Crippen molar-refractivity contribution in [3.63, 3.8) is 0 Å². The molecule has 0 saturated heterocycles. The summed E-state index contributed by atoms with van der Waals surface area (Å²) in [5, 5.41) is 11.9. The molecule has 0 atom stereocenters. The maximum absolute atomic E-state index is 10.0. The lowest BCUT2D eigenvalue weighted by atomic mass is 10.7. The molecule has 0 spiro atoms. The van der Waals surface area contributed by atoms with Gasteiger partial charge in [-0.25, -0.2) is 9.78 Å². The van der Waals surface area contributed by atoms with Crippen molar-refractivity contribution in [3.8, 4) is 0 Å². The van der Waals surface area contributed by atoms with Gasteiger partial charge in [-0.15, -0.1) is 22.7 Å². The highest BCUT2D eigenvalue weighted by molar-refractivity contribution is 7.11. The van der Waals surface area contributed by atoms with Crippen LogP contribution in [0.4, 0.5) is 0 Å². The summed E-state index contributed by atoms with van der Waals surface area (Å²) in [4.78, 5) is 33.5. The predicted octanol–water partition coefficient (Wildman–Crippen LogP) is 1.40. The number of rotatable bonds is 1. The van der Waals surface area contributed by atoms with E-state index in [9.17, 15) is 4.79 Å². The molecule has 0 unspecified atom stereocenters. The fourth-order valence-corrected chi connectivity index (χ4v) is 1.33. The molecule has 0 aliphatic carbocycles. The van der Waals surface area contributed by atoms with Crippen molar-refractivity contribution in [1.29, 1.82) is 0 Å². The fourth-order valence-electron chi connectivity index (χ4n) is 0.505. The maximum atomic E-state index is 10.0. The molecule has 6 nitrogen and oxygen atoms in total. The number of carboxylic acid groups (broad SMARTS) is 1. The summed E-state index contributed by atoms with van der Waals surface area (Å²) >= 11 is 2.72. The van der Waals surface area contributed by atoms with E-state index >= 15 is 0 Å². The van der Waals surface area contributed by atoms with Gasteiger partial charge in [-0.1, -0.05) is 0 Å². The lowest BCUT2D eigenvalue weighted by molar-refractivity contribution is -0.191. The smallest absolute Gasteiger partial charge is 0.373 e. The molecule has 0 aliphatic rings. The van der Waals surface area contributed by atoms with Crippen molar-refractivity contribution in [2.24, 2.45) is 0 Å². The van der Waals surface area contributed by atoms with Crippen LogP contribution in [0.5, 0.6) is 0 Å². The minimum atomic E-state index is -0.958. The van der Waals surface area contributed by atoms with E-state index in [0.29, 0.717) is 0 Å². The van der Waals surface area contributed by atoms with E-state index in [2.05, 4.69) is 9.97 Å². The van der Waals surface area contributed by atoms with Crippen LogP contribution in [0.2, 0.25) is 0 Å². The topological polar surface area (TPSA) is 97.2 Å². The first-order chi connectivity index (χ1) is 7.72. The third-order valence-corrected chi connectivity index (χ3v) is 2.25. The van der Waals surface area contributed by atoms with Crippen molar-refractivity contribution < 1.29 is 19.5 Å². The van der Waals surface area contributed by atoms with E-state index in [1.807, 2.05) is 5.38 Å². The Morgan fingerprint density at radius 2 is 2.00 bits per heavy atom. The predicted molar refractivity (Wildman–Crippen MR) is 56.2 cm³/mol. The quantitative estimate of drug-likeness (QED) is 0.830. The van der Waals surface area contributed by atoms with E-state index < -0.39 is 5.97 Å². The van der Waals surface area contributed by atoms with Crippen LogP contribution in [0.15, 0.2) is 28.7 Å². The lowest BCUT2D eigenvalue weighted by Gasteiger charge is -1.77. The molecule has 0 aromatic carbocycles. The SMILES string of the molecule is O=C(O)c1nccs1.O=C=O.c1cscn1. The summed E-state index contributed by atoms with van der Waals surface area (Å²) in [5.74, 6) is -0.958. The zero-order valence-electron chi connectivity index (χ0n) is 7.77. The molecule has 16 heavy (non-hydrogen) atoms. The van der Waals surface area contributed by atoms with E-state index in [-0.39, 0.29) is 11.2 Å². The summed E-state index contributed by atoms with van der Waals surface area (Å²) in [7, 11) is 0. The van der Waals surface area contributed by atoms with Crippen molar-refractivity contribution in [2.75, 3.05) is 0 Å². The van der Waals surface area contributed by atoms with Gasteiger partial charge in [0.1, 0.15) is 0 Å². The Hall–Kier alpha value is -1.89. The summed E-state index contributed by atoms with van der Waals surface area (Å²) in [6.45, 7) is 0. The van der Waals surface area contributed by atoms with Crippen LogP contribution in [-0.2, 0) is 9.59 Å². The van der Waals surface area contributed by atoms with Crippen LogP contribution in [0, 0.1) is 0 Å². The first-order valence-electron chi connectivity index (χ1n) is 3.66. The summed E-state index contributed by atoms with van der Waals surface area (Å²) < 4.78 is 0. The number of hydrogen-bond donors (Lipinski definition) is 1. The summed E-state index contributed by atoms with van der Waals surface area (Å²) in [6, 6.07) is 0. The van der Waals surface area contributed by atoms with Crippen LogP contribution < -0.4 is 0 Å². The maximum Gasteiger partial charge on any atom is 0.373 e. The first-order valence-corrected chi connectivity index (χ1v) is 5.48. The molecule has 0 bridgehead atoms. The van der Waals surface area contributed by atoms with Crippen LogP contribution in [-0.4, -0.2) is 27.2 Å². The molecule has 0 aliphatic heterocycles. The Bertz CT molecular complexity index is 390. The molecule has 1 N–H and O–H groups in total. The summed E-state index contributed by atoms with van der Waals surface area (Å²) in [6.07, 6.45) is 3.48. The van der Waals surface area contributed by atoms with Gasteiger partial charge < -0.3 is 5.11 Å². The number of carbonyl (C=O) groups is 1. The zero-order chi connectivity index (χ0) is 12.2. The van der Waals surface area contributed by atoms with Crippen molar-refractivity contribution in [3.05, 3.63) is 33.7 Å². The number of carbonyl (C=O) groups excluding carboxylic acids is 2. The average Bonchev–Trinajstić information content (AvgIpc) is 2.96. The number of aromatic carboxylic acids is 1. The fraction of sp³-hybridized carbons (Fsp3) is 0. The van der Waals surface area contributed by atoms with Crippen LogP contribution in [0.25, 0.3) is 0 Å². The second-order valence-corrected chi connectivity index (χ2v) is 3.55. The van der Waals surface area contributed by atoms with Gasteiger partial charge in [0.2, 0.25) is 5.01 Å². The number of carboxylic acids is 1. The molecular weight excluding hydrogens is 252 g/mol. The molecule has 8 heteroatoms. The van der Waals surface area contributed by atoms with Crippen LogP contribution in [0.3, 0.4) is 0 Å². The van der Waals surface area contributed by atoms with Crippen LogP contribution in [0.1, 0.15) is 9.80 Å².